The summed E-state index contributed by atoms with van der Waals surface area (Å²) >= 11 is 7.77. The smallest absolute Gasteiger partial charge is 0.152 e. The highest BCUT2D eigenvalue weighted by Gasteiger charge is 2.17. The zero-order chi connectivity index (χ0) is 10.0. The Balaban J connectivity index is 3.12. The zero-order valence-electron chi connectivity index (χ0n) is 6.85. The summed E-state index contributed by atoms with van der Waals surface area (Å²) in [5.74, 6) is -0.682. The van der Waals surface area contributed by atoms with Crippen LogP contribution in [0.1, 0.15) is 17.9 Å². The van der Waals surface area contributed by atoms with Crippen LogP contribution in [0.3, 0.4) is 0 Å². The molecular weight excluding hydrogens is 305 g/mol. The van der Waals surface area contributed by atoms with E-state index in [0.29, 0.717) is 0 Å². The van der Waals surface area contributed by atoms with Gasteiger partial charge in [0.05, 0.1) is 0 Å². The number of carbonyl (C=O) groups is 1. The normalized spacial score (nSPS) is 12.6. The molecule has 0 aliphatic heterocycles. The highest BCUT2D eigenvalue weighted by atomic mass is 127. The van der Waals surface area contributed by atoms with Crippen molar-refractivity contribution in [2.75, 3.05) is 0 Å². The fourth-order valence-electron chi connectivity index (χ4n) is 0.928. The van der Waals surface area contributed by atoms with Gasteiger partial charge >= 0.3 is 0 Å². The number of Topliss-reactive ketones (excluding diaryl/α,β-unsaturated/α-hetero) is 1. The molecule has 0 amide bonds. The standard InChI is InChI=1S/C9H7ClFIO/c1-5(13)9(10)7-4-6(12)2-3-8(7)11/h2-4,9H,1H3. The van der Waals surface area contributed by atoms with Gasteiger partial charge < -0.3 is 0 Å². The second-order valence-electron chi connectivity index (χ2n) is 2.64. The zero-order valence-corrected chi connectivity index (χ0v) is 9.76. The van der Waals surface area contributed by atoms with Crippen LogP contribution in [-0.4, -0.2) is 5.78 Å². The number of carbonyl (C=O) groups excluding carboxylic acids is 1. The van der Waals surface area contributed by atoms with Crippen molar-refractivity contribution in [3.05, 3.63) is 33.1 Å². The van der Waals surface area contributed by atoms with Gasteiger partial charge in [-0.2, -0.15) is 0 Å². The van der Waals surface area contributed by atoms with E-state index in [1.54, 1.807) is 12.1 Å². The Morgan fingerprint density at radius 2 is 2.23 bits per heavy atom. The van der Waals surface area contributed by atoms with E-state index in [2.05, 4.69) is 0 Å². The van der Waals surface area contributed by atoms with Crippen LogP contribution >= 0.6 is 34.2 Å². The topological polar surface area (TPSA) is 17.1 Å². The van der Waals surface area contributed by atoms with Gasteiger partial charge in [-0.05, 0) is 47.7 Å². The van der Waals surface area contributed by atoms with Crippen molar-refractivity contribution in [1.82, 2.24) is 0 Å². The molecule has 0 fully saturated rings. The molecule has 0 saturated heterocycles. The van der Waals surface area contributed by atoms with Crippen molar-refractivity contribution in [3.8, 4) is 0 Å². The van der Waals surface area contributed by atoms with Gasteiger partial charge in [0.15, 0.2) is 5.78 Å². The minimum absolute atomic E-state index is 0.248. The maximum absolute atomic E-state index is 13.1. The molecule has 4 heteroatoms. The molecule has 0 aliphatic carbocycles. The van der Waals surface area contributed by atoms with Gasteiger partial charge in [-0.3, -0.25) is 4.79 Å². The average Bonchev–Trinajstić information content (AvgIpc) is 2.08. The fourth-order valence-corrected chi connectivity index (χ4v) is 1.61. The summed E-state index contributed by atoms with van der Waals surface area (Å²) in [6, 6.07) is 4.52. The van der Waals surface area contributed by atoms with E-state index < -0.39 is 11.2 Å². The lowest BCUT2D eigenvalue weighted by Crippen LogP contribution is -2.04. The Morgan fingerprint density at radius 3 is 2.77 bits per heavy atom. The van der Waals surface area contributed by atoms with Crippen molar-refractivity contribution < 1.29 is 9.18 Å². The van der Waals surface area contributed by atoms with Gasteiger partial charge in [-0.1, -0.05) is 0 Å². The molecule has 0 N–H and O–H groups in total. The molecule has 13 heavy (non-hydrogen) atoms. The monoisotopic (exact) mass is 312 g/mol. The summed E-state index contributed by atoms with van der Waals surface area (Å²) in [5, 5.41) is -0.880. The first kappa shape index (κ1) is 10.9. The van der Waals surface area contributed by atoms with Crippen LogP contribution in [-0.2, 0) is 4.79 Å². The summed E-state index contributed by atoms with van der Waals surface area (Å²) < 4.78 is 14.0. The van der Waals surface area contributed by atoms with E-state index in [1.165, 1.54) is 13.0 Å². The number of alkyl halides is 1. The Kier molecular flexibility index (Phi) is 3.67. The first-order valence-corrected chi connectivity index (χ1v) is 5.13. The Morgan fingerprint density at radius 1 is 1.62 bits per heavy atom. The fraction of sp³-hybridized carbons (Fsp3) is 0.222. The minimum Gasteiger partial charge on any atom is -0.298 e. The van der Waals surface area contributed by atoms with Gasteiger partial charge in [0, 0.05) is 9.13 Å². The summed E-state index contributed by atoms with van der Waals surface area (Å²) in [6.07, 6.45) is 0. The van der Waals surface area contributed by atoms with Crippen molar-refractivity contribution in [3.63, 3.8) is 0 Å². The number of benzene rings is 1. The first-order chi connectivity index (χ1) is 6.02. The molecular formula is C9H7ClFIO. The second kappa shape index (κ2) is 4.37. The number of halogens is 3. The third-order valence-electron chi connectivity index (χ3n) is 1.59. The van der Waals surface area contributed by atoms with Gasteiger partial charge in [0.1, 0.15) is 11.2 Å². The van der Waals surface area contributed by atoms with Crippen LogP contribution in [0.15, 0.2) is 18.2 Å². The van der Waals surface area contributed by atoms with Crippen LogP contribution in [0.25, 0.3) is 0 Å². The quantitative estimate of drug-likeness (QED) is 0.605. The predicted molar refractivity (Wildman–Crippen MR) is 58.4 cm³/mol. The lowest BCUT2D eigenvalue weighted by molar-refractivity contribution is -0.116. The Bertz CT molecular complexity index is 340. The summed E-state index contributed by atoms with van der Waals surface area (Å²) in [6.45, 7) is 1.34. The molecule has 1 rings (SSSR count). The van der Waals surface area contributed by atoms with E-state index in [0.717, 1.165) is 3.57 Å². The number of rotatable bonds is 2. The van der Waals surface area contributed by atoms with E-state index >= 15 is 0 Å². The highest BCUT2D eigenvalue weighted by Crippen LogP contribution is 2.25. The summed E-state index contributed by atoms with van der Waals surface area (Å²) in [7, 11) is 0. The molecule has 0 heterocycles. The van der Waals surface area contributed by atoms with Gasteiger partial charge in [-0.25, -0.2) is 4.39 Å². The average molecular weight is 313 g/mol. The molecule has 1 aromatic carbocycles. The molecule has 0 bridgehead atoms. The molecule has 0 aliphatic rings. The largest absolute Gasteiger partial charge is 0.298 e. The van der Waals surface area contributed by atoms with Gasteiger partial charge in [0.2, 0.25) is 0 Å². The van der Waals surface area contributed by atoms with Crippen molar-refractivity contribution in [2.24, 2.45) is 0 Å². The van der Waals surface area contributed by atoms with Crippen molar-refractivity contribution in [1.29, 1.82) is 0 Å². The molecule has 0 aromatic heterocycles. The molecule has 0 radical (unpaired) electrons. The number of ketones is 1. The SMILES string of the molecule is CC(=O)C(Cl)c1cc(I)ccc1F. The molecule has 1 unspecified atom stereocenters. The maximum Gasteiger partial charge on any atom is 0.152 e. The number of hydrogen-bond acceptors (Lipinski definition) is 1. The Labute approximate surface area is 94.4 Å². The van der Waals surface area contributed by atoms with Crippen molar-refractivity contribution >= 4 is 40.0 Å². The molecule has 70 valence electrons. The van der Waals surface area contributed by atoms with E-state index in [9.17, 15) is 9.18 Å². The molecule has 0 spiro atoms. The molecule has 1 nitrogen and oxygen atoms in total. The summed E-state index contributed by atoms with van der Waals surface area (Å²) in [5.41, 5.74) is 0.251. The van der Waals surface area contributed by atoms with E-state index in [-0.39, 0.29) is 11.3 Å². The summed E-state index contributed by atoms with van der Waals surface area (Å²) in [4.78, 5) is 10.9. The van der Waals surface area contributed by atoms with Crippen LogP contribution in [0.2, 0.25) is 0 Å². The molecule has 0 saturated carbocycles. The highest BCUT2D eigenvalue weighted by molar-refractivity contribution is 14.1. The van der Waals surface area contributed by atoms with Crippen molar-refractivity contribution in [2.45, 2.75) is 12.3 Å². The Hall–Kier alpha value is -0.160. The van der Waals surface area contributed by atoms with Crippen LogP contribution < -0.4 is 0 Å². The van der Waals surface area contributed by atoms with Crippen LogP contribution in [0, 0.1) is 9.39 Å². The lowest BCUT2D eigenvalue weighted by atomic mass is 10.1. The predicted octanol–water partition coefficient (Wildman–Crippen LogP) is 3.30. The lowest BCUT2D eigenvalue weighted by Gasteiger charge is -2.07. The minimum atomic E-state index is -0.880. The van der Waals surface area contributed by atoms with E-state index in [4.69, 9.17) is 11.6 Å². The van der Waals surface area contributed by atoms with Gasteiger partial charge in [0.25, 0.3) is 0 Å². The second-order valence-corrected chi connectivity index (χ2v) is 4.32. The molecule has 1 aromatic rings. The third kappa shape index (κ3) is 2.64. The van der Waals surface area contributed by atoms with Gasteiger partial charge in [-0.15, -0.1) is 11.6 Å². The van der Waals surface area contributed by atoms with E-state index in [1.807, 2.05) is 22.6 Å². The third-order valence-corrected chi connectivity index (χ3v) is 2.80. The maximum atomic E-state index is 13.1. The number of hydrogen-bond donors (Lipinski definition) is 0. The first-order valence-electron chi connectivity index (χ1n) is 3.62. The van der Waals surface area contributed by atoms with Crippen LogP contribution in [0.4, 0.5) is 4.39 Å². The molecule has 1 atom stereocenters. The van der Waals surface area contributed by atoms with Crippen LogP contribution in [0.5, 0.6) is 0 Å².